The van der Waals surface area contributed by atoms with Gasteiger partial charge in [-0.3, -0.25) is 4.57 Å². The smallest absolute Gasteiger partial charge is 0.145 e. The fraction of sp³-hybridized carbons (Fsp3) is 0.235. The first-order valence-electron chi connectivity index (χ1n) is 19.4. The molecule has 3 heteroatoms. The number of hydrogen-bond donors (Lipinski definition) is 0. The lowest BCUT2D eigenvalue weighted by Crippen LogP contribution is -2.15. The van der Waals surface area contributed by atoms with Crippen molar-refractivity contribution >= 4 is 22.8 Å². The van der Waals surface area contributed by atoms with Gasteiger partial charge in [0.25, 0.3) is 0 Å². The van der Waals surface area contributed by atoms with Crippen LogP contribution in [0.2, 0.25) is 0 Å². The third kappa shape index (κ3) is 6.33. The lowest BCUT2D eigenvalue weighted by Gasteiger charge is -2.28. The Morgan fingerprint density at radius 1 is 0.667 bits per heavy atom. The van der Waals surface area contributed by atoms with Crippen molar-refractivity contribution in [2.75, 3.05) is 0 Å². The van der Waals surface area contributed by atoms with Gasteiger partial charge in [-0.15, -0.1) is 11.8 Å². The molecule has 0 spiro atoms. The number of thioether (sulfide) groups is 1. The summed E-state index contributed by atoms with van der Waals surface area (Å²) in [6.45, 7) is 13.8. The summed E-state index contributed by atoms with van der Waals surface area (Å²) < 4.78 is 2.30. The first-order chi connectivity index (χ1) is 26.0. The monoisotopic (exact) mass is 720 g/mol. The van der Waals surface area contributed by atoms with Gasteiger partial charge in [-0.25, -0.2) is 4.98 Å². The van der Waals surface area contributed by atoms with Crippen molar-refractivity contribution in [1.29, 1.82) is 0 Å². The van der Waals surface area contributed by atoms with Gasteiger partial charge in [0, 0.05) is 33.2 Å². The lowest BCUT2D eigenvalue weighted by atomic mass is 9.77. The normalized spacial score (nSPS) is 19.4. The molecule has 0 N–H and O–H groups in total. The van der Waals surface area contributed by atoms with Crippen LogP contribution in [0, 0.1) is 11.3 Å². The Morgan fingerprint density at radius 3 is 2.17 bits per heavy atom. The van der Waals surface area contributed by atoms with Crippen molar-refractivity contribution in [2.45, 2.75) is 69.4 Å². The van der Waals surface area contributed by atoms with E-state index in [1.165, 1.54) is 49.4 Å². The molecule has 1 aliphatic heterocycles. The number of aromatic nitrogens is 2. The summed E-state index contributed by atoms with van der Waals surface area (Å²) in [4.78, 5) is 6.61. The number of imidazole rings is 1. The second-order valence-electron chi connectivity index (χ2n) is 17.2. The lowest BCUT2D eigenvalue weighted by molar-refractivity contribution is 0.508. The Balaban J connectivity index is 1.17. The van der Waals surface area contributed by atoms with Crippen LogP contribution in [-0.2, 0) is 5.41 Å². The summed E-state index contributed by atoms with van der Waals surface area (Å²) in [6.07, 6.45) is 15.8. The van der Waals surface area contributed by atoms with Crippen molar-refractivity contribution in [1.82, 2.24) is 9.55 Å². The first kappa shape index (κ1) is 34.6. The molecule has 54 heavy (non-hydrogen) atoms. The van der Waals surface area contributed by atoms with Crippen molar-refractivity contribution in [3.05, 3.63) is 174 Å². The maximum atomic E-state index is 5.22. The molecule has 0 bridgehead atoms. The number of para-hydroxylation sites is 3. The maximum Gasteiger partial charge on any atom is 0.145 e. The molecule has 3 aliphatic rings. The standard InChI is InChI=1S/C51H48N2S/c1-50(2,3)39-24-19-33(20-25-39)35-23-28-47-43(30-35)44-32-38(34-21-26-40(27-22-34)51(4,5)6)31-42(48(44)54-47)36-13-12-14-37(29-36)49-52-45-17-10-11-18-46(45)53(49)41-15-8-7-9-16-41/h7-19,21-33,43,47H,20H2,1-6H3. The third-order valence-electron chi connectivity index (χ3n) is 11.4. The Hall–Kier alpha value is -5.12. The van der Waals surface area contributed by atoms with Gasteiger partial charge < -0.3 is 0 Å². The molecule has 6 aromatic rings. The van der Waals surface area contributed by atoms with E-state index in [9.17, 15) is 0 Å². The highest BCUT2D eigenvalue weighted by Crippen LogP contribution is 2.54. The van der Waals surface area contributed by atoms with Crippen LogP contribution in [-0.4, -0.2) is 14.8 Å². The number of hydrogen-bond acceptors (Lipinski definition) is 2. The first-order valence-corrected chi connectivity index (χ1v) is 20.3. The predicted octanol–water partition coefficient (Wildman–Crippen LogP) is 13.9. The van der Waals surface area contributed by atoms with E-state index in [-0.39, 0.29) is 10.8 Å². The van der Waals surface area contributed by atoms with Gasteiger partial charge in [0.05, 0.1) is 11.0 Å². The van der Waals surface area contributed by atoms with Gasteiger partial charge in [0.2, 0.25) is 0 Å². The second-order valence-corrected chi connectivity index (χ2v) is 18.4. The summed E-state index contributed by atoms with van der Waals surface area (Å²) in [5.41, 5.74) is 15.3. The van der Waals surface area contributed by atoms with E-state index in [4.69, 9.17) is 4.98 Å². The zero-order valence-electron chi connectivity index (χ0n) is 32.2. The molecule has 0 saturated heterocycles. The van der Waals surface area contributed by atoms with E-state index >= 15 is 0 Å². The number of nitrogens with zero attached hydrogens (tertiary/aromatic N) is 2. The van der Waals surface area contributed by atoms with Gasteiger partial charge in [-0.05, 0) is 104 Å². The Kier molecular flexibility index (Phi) is 8.54. The Labute approximate surface area is 325 Å². The minimum absolute atomic E-state index is 0.105. The molecule has 2 aliphatic carbocycles. The summed E-state index contributed by atoms with van der Waals surface area (Å²) >= 11 is 2.03. The molecule has 0 amide bonds. The third-order valence-corrected chi connectivity index (χ3v) is 12.8. The minimum atomic E-state index is 0.105. The zero-order chi connectivity index (χ0) is 37.2. The number of benzene rings is 5. The van der Waals surface area contributed by atoms with Crippen molar-refractivity contribution in [3.8, 4) is 39.3 Å². The minimum Gasteiger partial charge on any atom is -0.292 e. The van der Waals surface area contributed by atoms with Crippen LogP contribution in [0.15, 0.2) is 168 Å². The second kappa shape index (κ2) is 13.3. The van der Waals surface area contributed by atoms with Crippen LogP contribution in [0.25, 0.3) is 50.4 Å². The van der Waals surface area contributed by atoms with Crippen LogP contribution in [0.3, 0.4) is 0 Å². The molecule has 0 saturated carbocycles. The summed E-state index contributed by atoms with van der Waals surface area (Å²) in [5, 5.41) is 0.375. The van der Waals surface area contributed by atoms with Crippen molar-refractivity contribution < 1.29 is 0 Å². The van der Waals surface area contributed by atoms with Gasteiger partial charge in [-0.1, -0.05) is 151 Å². The molecular weight excluding hydrogens is 673 g/mol. The molecule has 2 nitrogen and oxygen atoms in total. The highest BCUT2D eigenvalue weighted by molar-refractivity contribution is 8.00. The van der Waals surface area contributed by atoms with E-state index in [1.54, 1.807) is 0 Å². The van der Waals surface area contributed by atoms with Crippen LogP contribution in [0.5, 0.6) is 0 Å². The van der Waals surface area contributed by atoms with Crippen molar-refractivity contribution in [2.24, 2.45) is 11.3 Å². The average Bonchev–Trinajstić information content (AvgIpc) is 3.76. The summed E-state index contributed by atoms with van der Waals surface area (Å²) in [6, 6.07) is 42.3. The molecular formula is C51H48N2S. The van der Waals surface area contributed by atoms with E-state index in [0.29, 0.717) is 17.1 Å². The van der Waals surface area contributed by atoms with Gasteiger partial charge in [-0.2, -0.15) is 0 Å². The fourth-order valence-corrected chi connectivity index (χ4v) is 9.76. The van der Waals surface area contributed by atoms with E-state index < -0.39 is 0 Å². The van der Waals surface area contributed by atoms with E-state index in [0.717, 1.165) is 34.5 Å². The fourth-order valence-electron chi connectivity index (χ4n) is 8.33. The molecule has 0 fully saturated rings. The molecule has 5 aromatic carbocycles. The van der Waals surface area contributed by atoms with Crippen LogP contribution < -0.4 is 0 Å². The molecule has 1 aromatic heterocycles. The van der Waals surface area contributed by atoms with Crippen LogP contribution in [0.4, 0.5) is 0 Å². The molecule has 2 heterocycles. The summed E-state index contributed by atoms with van der Waals surface area (Å²) in [5.74, 6) is 1.69. The van der Waals surface area contributed by atoms with Crippen LogP contribution in [0.1, 0.15) is 65.0 Å². The van der Waals surface area contributed by atoms with Crippen molar-refractivity contribution in [3.63, 3.8) is 0 Å². The quantitative estimate of drug-likeness (QED) is 0.176. The van der Waals surface area contributed by atoms with Gasteiger partial charge in [0.1, 0.15) is 5.82 Å². The van der Waals surface area contributed by atoms with Crippen LogP contribution >= 0.6 is 11.8 Å². The average molecular weight is 721 g/mol. The molecule has 3 unspecified atom stereocenters. The molecule has 3 atom stereocenters. The molecule has 9 rings (SSSR count). The molecule has 268 valence electrons. The predicted molar refractivity (Wildman–Crippen MR) is 230 cm³/mol. The largest absolute Gasteiger partial charge is 0.292 e. The van der Waals surface area contributed by atoms with E-state index in [1.807, 2.05) is 11.8 Å². The van der Waals surface area contributed by atoms with E-state index in [2.05, 4.69) is 198 Å². The number of allylic oxidation sites excluding steroid dienone is 7. The SMILES string of the molecule is CC(C)(C)C1=CCC(C2=CC3c4cc(-c5ccc(C(C)(C)C)cc5)cc(-c5cccc(-c6nc7ccccc7n6-c6ccccc6)c5)c4SC3C=C2)C=C1. The topological polar surface area (TPSA) is 17.8 Å². The molecule has 0 radical (unpaired) electrons. The van der Waals surface area contributed by atoms with Gasteiger partial charge >= 0.3 is 0 Å². The zero-order valence-corrected chi connectivity index (χ0v) is 33.0. The maximum absolute atomic E-state index is 5.22. The Morgan fingerprint density at radius 2 is 1.43 bits per heavy atom. The van der Waals surface area contributed by atoms with Gasteiger partial charge in [0.15, 0.2) is 0 Å². The highest BCUT2D eigenvalue weighted by atomic mass is 32.2. The number of rotatable bonds is 5. The highest BCUT2D eigenvalue weighted by Gasteiger charge is 2.36. The summed E-state index contributed by atoms with van der Waals surface area (Å²) in [7, 11) is 0. The number of fused-ring (bicyclic) bond motifs is 4. The Bertz CT molecular complexity index is 2510.